The number of rotatable bonds is 8. The van der Waals surface area contributed by atoms with E-state index in [1.54, 1.807) is 24.3 Å². The molecule has 0 spiro atoms. The van der Waals surface area contributed by atoms with Gasteiger partial charge >= 0.3 is 6.18 Å². The van der Waals surface area contributed by atoms with E-state index in [9.17, 15) is 18.0 Å². The molecule has 0 aliphatic heterocycles. The lowest BCUT2D eigenvalue weighted by molar-refractivity contribution is -0.137. The molecule has 2 N–H and O–H groups in total. The van der Waals surface area contributed by atoms with E-state index in [0.29, 0.717) is 36.0 Å². The number of carbonyl (C=O) groups is 1. The van der Waals surface area contributed by atoms with E-state index in [1.165, 1.54) is 6.07 Å². The number of ether oxygens (including phenoxy) is 1. The van der Waals surface area contributed by atoms with Crippen LogP contribution in [0.15, 0.2) is 47.1 Å². The highest BCUT2D eigenvalue weighted by Gasteiger charge is 2.30. The van der Waals surface area contributed by atoms with Gasteiger partial charge in [0.2, 0.25) is 0 Å². The molecular formula is C21H21F3N4O3. The molecule has 31 heavy (non-hydrogen) atoms. The summed E-state index contributed by atoms with van der Waals surface area (Å²) in [5, 5.41) is 9.45. The molecule has 0 aliphatic carbocycles. The third-order valence-electron chi connectivity index (χ3n) is 4.49. The Morgan fingerprint density at radius 1 is 1.10 bits per heavy atom. The first kappa shape index (κ1) is 22.1. The highest BCUT2D eigenvalue weighted by Crippen LogP contribution is 2.28. The lowest BCUT2D eigenvalue weighted by Gasteiger charge is -2.10. The van der Waals surface area contributed by atoms with Crippen molar-refractivity contribution in [3.8, 4) is 5.75 Å². The average Bonchev–Trinajstić information content (AvgIpc) is 3.07. The van der Waals surface area contributed by atoms with Gasteiger partial charge in [0.15, 0.2) is 0 Å². The second-order valence-corrected chi connectivity index (χ2v) is 6.73. The molecule has 0 saturated carbocycles. The first-order chi connectivity index (χ1) is 14.7. The van der Waals surface area contributed by atoms with Gasteiger partial charge in [0.05, 0.1) is 16.8 Å². The number of aromatic nitrogens is 2. The Kier molecular flexibility index (Phi) is 6.78. The number of benzene rings is 1. The summed E-state index contributed by atoms with van der Waals surface area (Å²) in [4.78, 5) is 15.9. The van der Waals surface area contributed by atoms with E-state index < -0.39 is 11.7 Å². The molecule has 0 fully saturated rings. The van der Waals surface area contributed by atoms with Crippen LogP contribution in [-0.4, -0.2) is 29.1 Å². The van der Waals surface area contributed by atoms with Crippen LogP contribution in [0.25, 0.3) is 0 Å². The lowest BCUT2D eigenvalue weighted by atomic mass is 10.2. The summed E-state index contributed by atoms with van der Waals surface area (Å²) in [7, 11) is 0. The zero-order chi connectivity index (χ0) is 22.4. The van der Waals surface area contributed by atoms with Gasteiger partial charge in [-0.1, -0.05) is 5.16 Å². The Labute approximate surface area is 176 Å². The van der Waals surface area contributed by atoms with Gasteiger partial charge in [-0.05, 0) is 50.2 Å². The summed E-state index contributed by atoms with van der Waals surface area (Å²) < 4.78 is 48.4. The number of hydrogen-bond acceptors (Lipinski definition) is 6. The second kappa shape index (κ2) is 9.50. The Hall–Kier alpha value is -3.56. The van der Waals surface area contributed by atoms with E-state index in [4.69, 9.17) is 9.26 Å². The molecule has 0 saturated heterocycles. The van der Waals surface area contributed by atoms with E-state index in [0.717, 1.165) is 23.5 Å². The van der Waals surface area contributed by atoms with Gasteiger partial charge in [0.1, 0.15) is 23.9 Å². The predicted molar refractivity (Wildman–Crippen MR) is 107 cm³/mol. The minimum atomic E-state index is -4.42. The maximum atomic E-state index is 12.5. The summed E-state index contributed by atoms with van der Waals surface area (Å²) >= 11 is 0. The van der Waals surface area contributed by atoms with E-state index in [2.05, 4.69) is 20.8 Å². The van der Waals surface area contributed by atoms with Crippen LogP contribution in [0, 0.1) is 13.8 Å². The molecule has 3 aromatic rings. The molecule has 3 rings (SSSR count). The van der Waals surface area contributed by atoms with Crippen LogP contribution in [0.1, 0.15) is 32.9 Å². The molecule has 2 aromatic heterocycles. The molecule has 2 heterocycles. The normalized spacial score (nSPS) is 11.3. The average molecular weight is 434 g/mol. The number of nitrogens with zero attached hydrogens (tertiary/aromatic N) is 2. The van der Waals surface area contributed by atoms with Crippen molar-refractivity contribution in [1.82, 2.24) is 15.5 Å². The first-order valence-corrected chi connectivity index (χ1v) is 9.44. The first-order valence-electron chi connectivity index (χ1n) is 9.44. The van der Waals surface area contributed by atoms with Crippen molar-refractivity contribution in [2.24, 2.45) is 0 Å². The fourth-order valence-electron chi connectivity index (χ4n) is 2.70. The highest BCUT2D eigenvalue weighted by atomic mass is 19.4. The number of nitrogens with one attached hydrogen (secondary N) is 2. The Balaban J connectivity index is 1.42. The van der Waals surface area contributed by atoms with Gasteiger partial charge in [-0.25, -0.2) is 4.98 Å². The summed E-state index contributed by atoms with van der Waals surface area (Å²) in [6.07, 6.45) is -3.66. The number of halogens is 3. The number of aryl methyl sites for hydroxylation is 2. The summed E-state index contributed by atoms with van der Waals surface area (Å²) in [5.41, 5.74) is 1.30. The molecule has 1 amide bonds. The van der Waals surface area contributed by atoms with Gasteiger partial charge in [0, 0.05) is 24.8 Å². The van der Waals surface area contributed by atoms with Crippen LogP contribution >= 0.6 is 0 Å². The van der Waals surface area contributed by atoms with Gasteiger partial charge in [-0.15, -0.1) is 0 Å². The van der Waals surface area contributed by atoms with Crippen molar-refractivity contribution < 1.29 is 27.2 Å². The summed E-state index contributed by atoms with van der Waals surface area (Å²) in [6, 6.07) is 8.86. The molecule has 164 valence electrons. The second-order valence-electron chi connectivity index (χ2n) is 6.73. The van der Waals surface area contributed by atoms with Crippen molar-refractivity contribution in [2.75, 3.05) is 18.4 Å². The maximum Gasteiger partial charge on any atom is 0.417 e. The third kappa shape index (κ3) is 5.97. The Bertz CT molecular complexity index is 996. The molecule has 0 bridgehead atoms. The van der Waals surface area contributed by atoms with Crippen LogP contribution in [0.5, 0.6) is 5.75 Å². The number of alkyl halides is 3. The number of pyridine rings is 1. The van der Waals surface area contributed by atoms with E-state index in [-0.39, 0.29) is 12.5 Å². The summed E-state index contributed by atoms with van der Waals surface area (Å²) in [6.45, 7) is 4.55. The van der Waals surface area contributed by atoms with E-state index >= 15 is 0 Å². The molecule has 10 heteroatoms. The minimum Gasteiger partial charge on any atom is -0.489 e. The maximum absolute atomic E-state index is 12.5. The van der Waals surface area contributed by atoms with Crippen molar-refractivity contribution in [1.29, 1.82) is 0 Å². The Morgan fingerprint density at radius 3 is 2.42 bits per heavy atom. The number of carbonyl (C=O) groups excluding carboxylic acids is 1. The quantitative estimate of drug-likeness (QED) is 0.519. The molecule has 0 unspecified atom stereocenters. The molecular weight excluding hydrogens is 413 g/mol. The number of anilines is 1. The van der Waals surface area contributed by atoms with Crippen molar-refractivity contribution in [2.45, 2.75) is 26.6 Å². The minimum absolute atomic E-state index is 0.270. The predicted octanol–water partition coefficient (Wildman–Crippen LogP) is 4.13. The molecule has 0 radical (unpaired) electrons. The van der Waals surface area contributed by atoms with Gasteiger partial charge in [-0.2, -0.15) is 13.2 Å². The number of hydrogen-bond donors (Lipinski definition) is 2. The molecule has 7 nitrogen and oxygen atoms in total. The van der Waals surface area contributed by atoms with Crippen LogP contribution in [0.4, 0.5) is 19.0 Å². The third-order valence-corrected chi connectivity index (χ3v) is 4.49. The standard InChI is InChI=1S/C21H21F3N4O3/c1-13-18(14(2)31-28-13)12-30-17-6-3-15(4-7-17)20(29)26-10-9-25-19-8-5-16(11-27-19)21(22,23)24/h3-8,11H,9-10,12H2,1-2H3,(H,25,27)(H,26,29). The lowest BCUT2D eigenvalue weighted by Crippen LogP contribution is -2.28. The summed E-state index contributed by atoms with van der Waals surface area (Å²) in [5.74, 6) is 1.32. The Morgan fingerprint density at radius 2 is 1.84 bits per heavy atom. The van der Waals surface area contributed by atoms with E-state index in [1.807, 2.05) is 13.8 Å². The van der Waals surface area contributed by atoms with Crippen LogP contribution in [-0.2, 0) is 12.8 Å². The molecule has 0 atom stereocenters. The van der Waals surface area contributed by atoms with Crippen LogP contribution in [0.2, 0.25) is 0 Å². The van der Waals surface area contributed by atoms with Gasteiger partial charge in [-0.3, -0.25) is 4.79 Å². The zero-order valence-electron chi connectivity index (χ0n) is 16.9. The smallest absolute Gasteiger partial charge is 0.417 e. The monoisotopic (exact) mass is 434 g/mol. The van der Waals surface area contributed by atoms with Crippen molar-refractivity contribution in [3.05, 3.63) is 70.7 Å². The van der Waals surface area contributed by atoms with Crippen molar-refractivity contribution >= 4 is 11.7 Å². The molecule has 1 aromatic carbocycles. The molecule has 0 aliphatic rings. The van der Waals surface area contributed by atoms with Gasteiger partial charge in [0.25, 0.3) is 5.91 Å². The highest BCUT2D eigenvalue weighted by molar-refractivity contribution is 5.94. The zero-order valence-corrected chi connectivity index (χ0v) is 16.9. The number of amides is 1. The fourth-order valence-corrected chi connectivity index (χ4v) is 2.70. The van der Waals surface area contributed by atoms with Crippen LogP contribution < -0.4 is 15.4 Å². The largest absolute Gasteiger partial charge is 0.489 e. The fraction of sp³-hybridized carbons (Fsp3) is 0.286. The SMILES string of the molecule is Cc1noc(C)c1COc1ccc(C(=O)NCCNc2ccc(C(F)(F)F)cn2)cc1. The van der Waals surface area contributed by atoms with Crippen LogP contribution in [0.3, 0.4) is 0 Å². The van der Waals surface area contributed by atoms with Crippen molar-refractivity contribution in [3.63, 3.8) is 0 Å². The van der Waals surface area contributed by atoms with Gasteiger partial charge < -0.3 is 19.9 Å². The topological polar surface area (TPSA) is 89.3 Å².